The van der Waals surface area contributed by atoms with Crippen LogP contribution in [-0.4, -0.2) is 24.9 Å². The lowest BCUT2D eigenvalue weighted by Gasteiger charge is -2.14. The van der Waals surface area contributed by atoms with Crippen molar-refractivity contribution < 1.29 is 0 Å². The standard InChI is InChI=1S/C61H39N5/c1-4-13-42(14-5-1)55-32-30-45-29-31-53-54(37-56(43-15-6-2-7-16-43)64-60(53)59(45)63-55)41-27-25-40(26-28-41)46-19-10-21-48(35-46)58-38-57(44-17-8-3-9-18-44)65-61(66-58)49-22-11-20-47(36-49)51-24-12-23-50-39-62-34-33-52(50)51/h1-39H. The number of aromatic nitrogens is 5. The van der Waals surface area contributed by atoms with Crippen molar-refractivity contribution in [1.82, 2.24) is 24.9 Å². The zero-order valence-electron chi connectivity index (χ0n) is 35.8. The highest BCUT2D eigenvalue weighted by Gasteiger charge is 2.16. The smallest absolute Gasteiger partial charge is 0.160 e. The van der Waals surface area contributed by atoms with Crippen LogP contribution in [-0.2, 0) is 0 Å². The SMILES string of the molecule is c1ccc(-c2cc(-c3cccc(-c4ccc(-c5cc(-c6ccccc6)nc6c5ccc5ccc(-c7ccccc7)nc56)cc4)c3)nc(-c3cccc(-c4cccc5cnccc45)c3)n2)cc1. The fourth-order valence-corrected chi connectivity index (χ4v) is 9.02. The van der Waals surface area contributed by atoms with Crippen molar-refractivity contribution in [1.29, 1.82) is 0 Å². The van der Waals surface area contributed by atoms with E-state index >= 15 is 0 Å². The number of rotatable bonds is 8. The zero-order valence-corrected chi connectivity index (χ0v) is 35.8. The van der Waals surface area contributed by atoms with E-state index in [4.69, 9.17) is 19.9 Å². The number of fused-ring (bicyclic) bond motifs is 4. The summed E-state index contributed by atoms with van der Waals surface area (Å²) in [5.41, 5.74) is 17.1. The zero-order chi connectivity index (χ0) is 43.8. The number of hydrogen-bond donors (Lipinski definition) is 0. The lowest BCUT2D eigenvalue weighted by atomic mass is 9.94. The molecule has 0 N–H and O–H groups in total. The van der Waals surface area contributed by atoms with Crippen LogP contribution in [0.2, 0.25) is 0 Å². The van der Waals surface area contributed by atoms with Crippen LogP contribution in [0.5, 0.6) is 0 Å². The van der Waals surface area contributed by atoms with Gasteiger partial charge in [-0.05, 0) is 75.2 Å². The Balaban J connectivity index is 0.934. The van der Waals surface area contributed by atoms with E-state index in [1.807, 2.05) is 30.6 Å². The van der Waals surface area contributed by atoms with Crippen LogP contribution >= 0.6 is 0 Å². The van der Waals surface area contributed by atoms with Crippen molar-refractivity contribution in [2.24, 2.45) is 0 Å². The molecule has 0 aliphatic rings. The van der Waals surface area contributed by atoms with Crippen molar-refractivity contribution >= 4 is 32.6 Å². The Bertz CT molecular complexity index is 3730. The van der Waals surface area contributed by atoms with Crippen LogP contribution in [0.25, 0.3) is 122 Å². The predicted octanol–water partition coefficient (Wildman–Crippen LogP) is 15.5. The fraction of sp³-hybridized carbons (Fsp3) is 0. The van der Waals surface area contributed by atoms with Gasteiger partial charge in [0.1, 0.15) is 0 Å². The number of pyridine rings is 3. The third kappa shape index (κ3) is 7.34. The van der Waals surface area contributed by atoms with E-state index in [2.05, 4.69) is 211 Å². The Hall–Kier alpha value is -8.93. The summed E-state index contributed by atoms with van der Waals surface area (Å²) in [4.78, 5) is 25.3. The van der Waals surface area contributed by atoms with Crippen molar-refractivity contribution in [2.45, 2.75) is 0 Å². The van der Waals surface area contributed by atoms with Crippen LogP contribution < -0.4 is 0 Å². The minimum atomic E-state index is 0.670. The second-order valence-electron chi connectivity index (χ2n) is 16.5. The molecule has 308 valence electrons. The van der Waals surface area contributed by atoms with Crippen molar-refractivity contribution in [3.05, 3.63) is 237 Å². The van der Waals surface area contributed by atoms with Gasteiger partial charge in [0, 0.05) is 56.4 Å². The van der Waals surface area contributed by atoms with E-state index in [0.29, 0.717) is 5.82 Å². The summed E-state index contributed by atoms with van der Waals surface area (Å²) in [6.07, 6.45) is 3.76. The molecule has 0 aliphatic carbocycles. The second kappa shape index (κ2) is 16.6. The first-order valence-corrected chi connectivity index (χ1v) is 22.1. The molecule has 0 radical (unpaired) electrons. The van der Waals surface area contributed by atoms with Gasteiger partial charge in [0.15, 0.2) is 5.82 Å². The van der Waals surface area contributed by atoms with E-state index in [1.165, 1.54) is 0 Å². The van der Waals surface area contributed by atoms with Gasteiger partial charge in [0.05, 0.1) is 33.8 Å². The van der Waals surface area contributed by atoms with Gasteiger partial charge in [0.2, 0.25) is 0 Å². The molecule has 4 aromatic heterocycles. The highest BCUT2D eigenvalue weighted by atomic mass is 14.9. The van der Waals surface area contributed by atoms with Gasteiger partial charge in [-0.15, -0.1) is 0 Å². The van der Waals surface area contributed by atoms with Crippen molar-refractivity contribution in [2.75, 3.05) is 0 Å². The van der Waals surface area contributed by atoms with E-state index in [9.17, 15) is 0 Å². The van der Waals surface area contributed by atoms with Gasteiger partial charge in [0.25, 0.3) is 0 Å². The highest BCUT2D eigenvalue weighted by molar-refractivity contribution is 6.10. The van der Waals surface area contributed by atoms with Gasteiger partial charge in [-0.1, -0.05) is 188 Å². The third-order valence-electron chi connectivity index (χ3n) is 12.4. The van der Waals surface area contributed by atoms with Crippen LogP contribution in [0.3, 0.4) is 0 Å². The molecule has 0 spiro atoms. The number of hydrogen-bond acceptors (Lipinski definition) is 5. The first-order chi connectivity index (χ1) is 32.7. The molecule has 0 saturated carbocycles. The summed E-state index contributed by atoms with van der Waals surface area (Å²) in [5.74, 6) is 0.670. The predicted molar refractivity (Wildman–Crippen MR) is 271 cm³/mol. The average Bonchev–Trinajstić information content (AvgIpc) is 3.41. The Morgan fingerprint density at radius 1 is 0.258 bits per heavy atom. The molecule has 5 nitrogen and oxygen atoms in total. The minimum absolute atomic E-state index is 0.670. The van der Waals surface area contributed by atoms with Crippen molar-refractivity contribution in [3.8, 4) is 89.8 Å². The summed E-state index contributed by atoms with van der Waals surface area (Å²) < 4.78 is 0. The van der Waals surface area contributed by atoms with Gasteiger partial charge in [-0.2, -0.15) is 0 Å². The molecule has 66 heavy (non-hydrogen) atoms. The maximum atomic E-state index is 5.30. The molecule has 0 amide bonds. The average molecular weight is 842 g/mol. The Morgan fingerprint density at radius 2 is 0.818 bits per heavy atom. The molecule has 0 fully saturated rings. The van der Waals surface area contributed by atoms with Crippen LogP contribution in [0, 0.1) is 0 Å². The van der Waals surface area contributed by atoms with Gasteiger partial charge >= 0.3 is 0 Å². The van der Waals surface area contributed by atoms with Crippen LogP contribution in [0.15, 0.2) is 237 Å². The van der Waals surface area contributed by atoms with E-state index in [1.54, 1.807) is 0 Å². The second-order valence-corrected chi connectivity index (χ2v) is 16.5. The first kappa shape index (κ1) is 38.7. The largest absolute Gasteiger partial charge is 0.264 e. The molecule has 8 aromatic carbocycles. The maximum Gasteiger partial charge on any atom is 0.160 e. The Kier molecular flexibility index (Phi) is 9.77. The lowest BCUT2D eigenvalue weighted by Crippen LogP contribution is -1.96. The number of benzene rings is 8. The van der Waals surface area contributed by atoms with Gasteiger partial charge < -0.3 is 0 Å². The summed E-state index contributed by atoms with van der Waals surface area (Å²) in [6, 6.07) is 78.4. The summed E-state index contributed by atoms with van der Waals surface area (Å²) in [6.45, 7) is 0. The first-order valence-electron chi connectivity index (χ1n) is 22.1. The number of nitrogens with zero attached hydrogens (tertiary/aromatic N) is 5. The van der Waals surface area contributed by atoms with Crippen LogP contribution in [0.1, 0.15) is 0 Å². The van der Waals surface area contributed by atoms with E-state index in [0.717, 1.165) is 117 Å². The van der Waals surface area contributed by atoms with Gasteiger partial charge in [-0.25, -0.2) is 19.9 Å². The molecule has 0 atom stereocenters. The van der Waals surface area contributed by atoms with Crippen LogP contribution in [0.4, 0.5) is 0 Å². The molecule has 0 saturated heterocycles. The molecule has 0 bridgehead atoms. The van der Waals surface area contributed by atoms with E-state index < -0.39 is 0 Å². The topological polar surface area (TPSA) is 64.5 Å². The molecular formula is C61H39N5. The summed E-state index contributed by atoms with van der Waals surface area (Å²) in [5, 5.41) is 4.37. The maximum absolute atomic E-state index is 5.30. The Labute approximate surface area is 382 Å². The minimum Gasteiger partial charge on any atom is -0.264 e. The molecule has 12 rings (SSSR count). The molecule has 12 aromatic rings. The monoisotopic (exact) mass is 841 g/mol. The highest BCUT2D eigenvalue weighted by Crippen LogP contribution is 2.38. The van der Waals surface area contributed by atoms with E-state index in [-0.39, 0.29) is 0 Å². The lowest BCUT2D eigenvalue weighted by molar-refractivity contribution is 1.18. The fourth-order valence-electron chi connectivity index (χ4n) is 9.02. The van der Waals surface area contributed by atoms with Crippen molar-refractivity contribution in [3.63, 3.8) is 0 Å². The summed E-state index contributed by atoms with van der Waals surface area (Å²) in [7, 11) is 0. The molecule has 5 heteroatoms. The summed E-state index contributed by atoms with van der Waals surface area (Å²) >= 11 is 0. The molecular weight excluding hydrogens is 803 g/mol. The molecule has 0 aliphatic heterocycles. The third-order valence-corrected chi connectivity index (χ3v) is 12.4. The quantitative estimate of drug-likeness (QED) is 0.143. The molecule has 4 heterocycles. The van der Waals surface area contributed by atoms with Gasteiger partial charge in [-0.3, -0.25) is 4.98 Å². The molecule has 0 unspecified atom stereocenters. The normalized spacial score (nSPS) is 11.3. The Morgan fingerprint density at radius 3 is 1.56 bits per heavy atom.